The Morgan fingerprint density at radius 3 is 2.42 bits per heavy atom. The highest BCUT2D eigenvalue weighted by Crippen LogP contribution is 2.06. The van der Waals surface area contributed by atoms with Gasteiger partial charge in [-0.15, -0.1) is 0 Å². The van der Waals surface area contributed by atoms with Crippen molar-refractivity contribution in [2.45, 2.75) is 13.3 Å². The molecule has 1 aromatic rings. The fourth-order valence-corrected chi connectivity index (χ4v) is 1.39. The average molecular weight is 252 g/mol. The molecule has 0 aliphatic carbocycles. The summed E-state index contributed by atoms with van der Waals surface area (Å²) in [5.41, 5.74) is 5.91. The van der Waals surface area contributed by atoms with Gasteiger partial charge in [-0.3, -0.25) is 4.79 Å². The van der Waals surface area contributed by atoms with Gasteiger partial charge in [-0.25, -0.2) is 4.99 Å². The first-order valence-corrected chi connectivity index (χ1v) is 5.51. The number of allylic oxidation sites excluding steroid dienone is 2. The Bertz CT molecular complexity index is 615. The SMILES string of the molecule is CC(CC(=O)c1ccccc1)=N/C(C#N)=C(\N)C#N. The van der Waals surface area contributed by atoms with Crippen LogP contribution in [-0.4, -0.2) is 11.5 Å². The van der Waals surface area contributed by atoms with Gasteiger partial charge in [0.25, 0.3) is 0 Å². The molecule has 0 spiro atoms. The van der Waals surface area contributed by atoms with Crippen LogP contribution >= 0.6 is 0 Å². The van der Waals surface area contributed by atoms with Crippen LogP contribution in [0.5, 0.6) is 0 Å². The Kier molecular flexibility index (Phi) is 5.01. The number of Topliss-reactive ketones (excluding diaryl/α,β-unsaturated/α-hetero) is 1. The maximum absolute atomic E-state index is 11.9. The second-order valence-corrected chi connectivity index (χ2v) is 3.80. The van der Waals surface area contributed by atoms with Crippen molar-refractivity contribution in [3.05, 3.63) is 47.3 Å². The summed E-state index contributed by atoms with van der Waals surface area (Å²) in [7, 11) is 0. The Hall–Kier alpha value is -2.92. The van der Waals surface area contributed by atoms with Crippen molar-refractivity contribution >= 4 is 11.5 Å². The molecule has 0 bridgehead atoms. The van der Waals surface area contributed by atoms with E-state index >= 15 is 0 Å². The number of nitriles is 2. The van der Waals surface area contributed by atoms with Crippen LogP contribution in [0, 0.1) is 22.7 Å². The molecule has 0 unspecified atom stereocenters. The topological polar surface area (TPSA) is 103 Å². The van der Waals surface area contributed by atoms with E-state index in [-0.39, 0.29) is 23.6 Å². The Morgan fingerprint density at radius 1 is 1.26 bits per heavy atom. The molecule has 0 aliphatic heterocycles. The van der Waals surface area contributed by atoms with Gasteiger partial charge < -0.3 is 5.73 Å². The number of benzene rings is 1. The largest absolute Gasteiger partial charge is 0.388 e. The van der Waals surface area contributed by atoms with Crippen LogP contribution in [0.2, 0.25) is 0 Å². The molecule has 2 N–H and O–H groups in total. The minimum absolute atomic E-state index is 0.0773. The minimum atomic E-state index is -0.256. The molecule has 0 heterocycles. The first-order chi connectivity index (χ1) is 9.08. The number of nitrogens with zero attached hydrogens (tertiary/aromatic N) is 3. The lowest BCUT2D eigenvalue weighted by molar-refractivity contribution is 0.100. The van der Waals surface area contributed by atoms with Gasteiger partial charge in [-0.05, 0) is 6.92 Å². The smallest absolute Gasteiger partial charge is 0.174 e. The number of hydrogen-bond donors (Lipinski definition) is 1. The van der Waals surface area contributed by atoms with Crippen molar-refractivity contribution in [3.8, 4) is 12.1 Å². The Labute approximate surface area is 111 Å². The molecule has 0 aromatic heterocycles. The molecule has 0 radical (unpaired) electrons. The molecule has 0 amide bonds. The highest BCUT2D eigenvalue weighted by Gasteiger charge is 2.08. The fraction of sp³-hybridized carbons (Fsp3) is 0.143. The van der Waals surface area contributed by atoms with Gasteiger partial charge in [0.15, 0.2) is 11.5 Å². The summed E-state index contributed by atoms with van der Waals surface area (Å²) in [5.74, 6) is -0.102. The van der Waals surface area contributed by atoms with Crippen molar-refractivity contribution in [3.63, 3.8) is 0 Å². The zero-order valence-electron chi connectivity index (χ0n) is 10.4. The van der Waals surface area contributed by atoms with Crippen molar-refractivity contribution in [2.24, 2.45) is 10.7 Å². The summed E-state index contributed by atoms with van der Waals surface area (Å²) < 4.78 is 0. The predicted molar refractivity (Wildman–Crippen MR) is 70.9 cm³/mol. The molecular formula is C14H12N4O. The molecule has 0 saturated heterocycles. The number of aliphatic imine (C=N–C) groups is 1. The molecule has 94 valence electrons. The minimum Gasteiger partial charge on any atom is -0.388 e. The van der Waals surface area contributed by atoms with Crippen LogP contribution in [0.1, 0.15) is 23.7 Å². The van der Waals surface area contributed by atoms with Gasteiger partial charge in [0.05, 0.1) is 0 Å². The summed E-state index contributed by atoms with van der Waals surface area (Å²) in [6, 6.07) is 12.2. The maximum Gasteiger partial charge on any atom is 0.174 e. The number of carbonyl (C=O) groups excluding carboxylic acids is 1. The highest BCUT2D eigenvalue weighted by molar-refractivity contribution is 6.09. The monoisotopic (exact) mass is 252 g/mol. The normalized spacial score (nSPS) is 12.1. The molecule has 0 aliphatic rings. The summed E-state index contributed by atoms with van der Waals surface area (Å²) in [6.45, 7) is 1.61. The summed E-state index contributed by atoms with van der Waals surface area (Å²) in [4.78, 5) is 15.8. The molecule has 0 fully saturated rings. The fourth-order valence-electron chi connectivity index (χ4n) is 1.39. The molecule has 1 aromatic carbocycles. The maximum atomic E-state index is 11.9. The van der Waals surface area contributed by atoms with E-state index < -0.39 is 0 Å². The predicted octanol–water partition coefficient (Wildman–Crippen LogP) is 1.94. The quantitative estimate of drug-likeness (QED) is 0.502. The van der Waals surface area contributed by atoms with Crippen molar-refractivity contribution in [2.75, 3.05) is 0 Å². The summed E-state index contributed by atoms with van der Waals surface area (Å²) in [6.07, 6.45) is 0.0773. The van der Waals surface area contributed by atoms with Crippen LogP contribution in [0.15, 0.2) is 46.7 Å². The third-order valence-corrected chi connectivity index (χ3v) is 2.30. The molecular weight excluding hydrogens is 240 g/mol. The standard InChI is InChI=1S/C14H12N4O/c1-10(18-13(9-16)12(17)8-15)7-14(19)11-5-3-2-4-6-11/h2-6H,7,17H2,1H3/b13-12-,18-10?. The highest BCUT2D eigenvalue weighted by atomic mass is 16.1. The van der Waals surface area contributed by atoms with E-state index in [9.17, 15) is 4.79 Å². The number of hydrogen-bond acceptors (Lipinski definition) is 5. The first kappa shape index (κ1) is 14.1. The van der Waals surface area contributed by atoms with Crippen LogP contribution in [0.4, 0.5) is 0 Å². The van der Waals surface area contributed by atoms with Gasteiger partial charge in [0.2, 0.25) is 0 Å². The molecule has 5 nitrogen and oxygen atoms in total. The molecule has 19 heavy (non-hydrogen) atoms. The van der Waals surface area contributed by atoms with Gasteiger partial charge in [0.1, 0.15) is 17.8 Å². The van der Waals surface area contributed by atoms with E-state index in [1.807, 2.05) is 6.07 Å². The molecule has 1 rings (SSSR count). The lowest BCUT2D eigenvalue weighted by atomic mass is 10.1. The molecule has 5 heteroatoms. The van der Waals surface area contributed by atoms with Crippen LogP contribution in [0.3, 0.4) is 0 Å². The molecule has 0 atom stereocenters. The van der Waals surface area contributed by atoms with Gasteiger partial charge in [-0.2, -0.15) is 10.5 Å². The van der Waals surface area contributed by atoms with Gasteiger partial charge in [0, 0.05) is 17.7 Å². The Morgan fingerprint density at radius 2 is 1.89 bits per heavy atom. The lowest BCUT2D eigenvalue weighted by Gasteiger charge is -2.01. The second kappa shape index (κ2) is 6.73. The number of ketones is 1. The summed E-state index contributed by atoms with van der Waals surface area (Å²) in [5, 5.41) is 17.4. The van der Waals surface area contributed by atoms with E-state index in [2.05, 4.69) is 4.99 Å². The van der Waals surface area contributed by atoms with E-state index in [0.717, 1.165) is 0 Å². The molecule has 0 saturated carbocycles. The average Bonchev–Trinajstić information content (AvgIpc) is 2.44. The Balaban J connectivity index is 2.87. The lowest BCUT2D eigenvalue weighted by Crippen LogP contribution is -2.06. The van der Waals surface area contributed by atoms with Crippen molar-refractivity contribution < 1.29 is 4.79 Å². The van der Waals surface area contributed by atoms with E-state index in [0.29, 0.717) is 11.3 Å². The second-order valence-electron chi connectivity index (χ2n) is 3.80. The first-order valence-electron chi connectivity index (χ1n) is 5.51. The van der Waals surface area contributed by atoms with E-state index in [1.165, 1.54) is 0 Å². The van der Waals surface area contributed by atoms with Crippen LogP contribution in [-0.2, 0) is 0 Å². The van der Waals surface area contributed by atoms with Crippen molar-refractivity contribution in [1.29, 1.82) is 10.5 Å². The van der Waals surface area contributed by atoms with Gasteiger partial charge in [-0.1, -0.05) is 30.3 Å². The van der Waals surface area contributed by atoms with Crippen molar-refractivity contribution in [1.82, 2.24) is 0 Å². The number of nitrogens with two attached hydrogens (primary N) is 1. The van der Waals surface area contributed by atoms with Crippen LogP contribution in [0.25, 0.3) is 0 Å². The third kappa shape index (κ3) is 4.10. The van der Waals surface area contributed by atoms with Crippen LogP contribution < -0.4 is 5.73 Å². The van der Waals surface area contributed by atoms with Gasteiger partial charge >= 0.3 is 0 Å². The zero-order chi connectivity index (χ0) is 14.3. The van der Waals surface area contributed by atoms with E-state index in [4.69, 9.17) is 16.3 Å². The van der Waals surface area contributed by atoms with E-state index in [1.54, 1.807) is 43.3 Å². The summed E-state index contributed by atoms with van der Waals surface area (Å²) >= 11 is 0. The number of carbonyl (C=O) groups is 1. The third-order valence-electron chi connectivity index (χ3n) is 2.30. The zero-order valence-corrected chi connectivity index (χ0v) is 10.4. The number of rotatable bonds is 4.